The van der Waals surface area contributed by atoms with Crippen LogP contribution in [0.5, 0.6) is 5.75 Å². The Labute approximate surface area is 112 Å². The molecule has 7 heteroatoms. The van der Waals surface area contributed by atoms with Crippen LogP contribution in [0.4, 0.5) is 0 Å². The Hall–Kier alpha value is -1.47. The normalized spacial score (nSPS) is 9.47. The second kappa shape index (κ2) is 6.97. The van der Waals surface area contributed by atoms with Crippen molar-refractivity contribution in [2.75, 3.05) is 13.1 Å². The Morgan fingerprint density at radius 1 is 1.59 bits per heavy atom. The Morgan fingerprint density at radius 3 is 3.06 bits per heavy atom. The van der Waals surface area contributed by atoms with Gasteiger partial charge >= 0.3 is 0 Å². The Kier molecular flexibility index (Phi) is 5.58. The van der Waals surface area contributed by atoms with Gasteiger partial charge in [-0.05, 0) is 52.7 Å². The SMILES string of the molecule is [N-]=[N+]=NCCCNC(=O)c1cc(I)ccc1O. The quantitative estimate of drug-likeness (QED) is 0.281. The monoisotopic (exact) mass is 346 g/mol. The molecule has 0 unspecified atom stereocenters. The minimum Gasteiger partial charge on any atom is -0.507 e. The van der Waals surface area contributed by atoms with Crippen molar-refractivity contribution in [3.63, 3.8) is 0 Å². The first-order chi connectivity index (χ1) is 8.15. The van der Waals surface area contributed by atoms with Crippen LogP contribution in [0.2, 0.25) is 0 Å². The fourth-order valence-electron chi connectivity index (χ4n) is 1.18. The van der Waals surface area contributed by atoms with Gasteiger partial charge in [-0.25, -0.2) is 0 Å². The summed E-state index contributed by atoms with van der Waals surface area (Å²) in [5, 5.41) is 15.5. The largest absolute Gasteiger partial charge is 0.507 e. The summed E-state index contributed by atoms with van der Waals surface area (Å²) in [7, 11) is 0. The number of rotatable bonds is 5. The Balaban J connectivity index is 2.52. The maximum Gasteiger partial charge on any atom is 0.255 e. The molecule has 1 aromatic rings. The molecule has 0 bridgehead atoms. The molecule has 0 radical (unpaired) electrons. The van der Waals surface area contributed by atoms with Gasteiger partial charge in [0.2, 0.25) is 0 Å². The van der Waals surface area contributed by atoms with Gasteiger partial charge in [-0.2, -0.15) is 0 Å². The van der Waals surface area contributed by atoms with Crippen LogP contribution in [0, 0.1) is 3.57 Å². The van der Waals surface area contributed by atoms with Crippen LogP contribution >= 0.6 is 22.6 Å². The van der Waals surface area contributed by atoms with Crippen molar-refractivity contribution < 1.29 is 9.90 Å². The fourth-order valence-corrected chi connectivity index (χ4v) is 1.67. The van der Waals surface area contributed by atoms with Gasteiger partial charge in [0.25, 0.3) is 5.91 Å². The average molecular weight is 346 g/mol. The van der Waals surface area contributed by atoms with Crippen molar-refractivity contribution in [1.29, 1.82) is 0 Å². The standard InChI is InChI=1S/C10H11IN4O2/c11-7-2-3-9(16)8(6-7)10(17)13-4-1-5-14-15-12/h2-3,6,16H,1,4-5H2,(H,13,17). The molecule has 90 valence electrons. The molecule has 1 amide bonds. The predicted molar refractivity (Wildman–Crippen MR) is 71.8 cm³/mol. The number of nitrogens with zero attached hydrogens (tertiary/aromatic N) is 3. The summed E-state index contributed by atoms with van der Waals surface area (Å²) in [5.41, 5.74) is 8.31. The van der Waals surface area contributed by atoms with E-state index in [1.165, 1.54) is 6.07 Å². The maximum atomic E-state index is 11.7. The topological polar surface area (TPSA) is 98.1 Å². The van der Waals surface area contributed by atoms with E-state index in [2.05, 4.69) is 37.9 Å². The molecule has 0 saturated carbocycles. The molecule has 0 aromatic heterocycles. The van der Waals surface area contributed by atoms with E-state index >= 15 is 0 Å². The van der Waals surface area contributed by atoms with Crippen LogP contribution in [-0.4, -0.2) is 24.1 Å². The summed E-state index contributed by atoms with van der Waals surface area (Å²) in [4.78, 5) is 14.3. The Morgan fingerprint density at radius 2 is 2.35 bits per heavy atom. The molecule has 0 fully saturated rings. The highest BCUT2D eigenvalue weighted by Gasteiger charge is 2.10. The smallest absolute Gasteiger partial charge is 0.255 e. The van der Waals surface area contributed by atoms with Crippen molar-refractivity contribution in [2.24, 2.45) is 5.11 Å². The first-order valence-corrected chi connectivity index (χ1v) is 6.00. The molecule has 1 aromatic carbocycles. The zero-order valence-corrected chi connectivity index (χ0v) is 11.1. The van der Waals surface area contributed by atoms with E-state index < -0.39 is 0 Å². The molecule has 6 nitrogen and oxygen atoms in total. The number of amides is 1. The number of aromatic hydroxyl groups is 1. The summed E-state index contributed by atoms with van der Waals surface area (Å²) in [5.74, 6) is -0.375. The predicted octanol–water partition coefficient (Wildman–Crippen LogP) is 2.43. The van der Waals surface area contributed by atoms with Gasteiger partial charge < -0.3 is 10.4 Å². The molecule has 0 heterocycles. The van der Waals surface area contributed by atoms with Gasteiger partial charge in [0.15, 0.2) is 0 Å². The summed E-state index contributed by atoms with van der Waals surface area (Å²) < 4.78 is 0.875. The van der Waals surface area contributed by atoms with Gasteiger partial charge in [0.1, 0.15) is 5.75 Å². The molecule has 1 rings (SSSR count). The third kappa shape index (κ3) is 4.49. The molecule has 0 aliphatic heterocycles. The van der Waals surface area contributed by atoms with Crippen molar-refractivity contribution in [1.82, 2.24) is 5.32 Å². The fraction of sp³-hybridized carbons (Fsp3) is 0.300. The average Bonchev–Trinajstić information content (AvgIpc) is 2.32. The zero-order valence-electron chi connectivity index (χ0n) is 8.93. The second-order valence-electron chi connectivity index (χ2n) is 3.23. The highest BCUT2D eigenvalue weighted by molar-refractivity contribution is 14.1. The summed E-state index contributed by atoms with van der Waals surface area (Å²) in [6, 6.07) is 4.81. The lowest BCUT2D eigenvalue weighted by atomic mass is 10.2. The van der Waals surface area contributed by atoms with Crippen molar-refractivity contribution in [2.45, 2.75) is 6.42 Å². The lowest BCUT2D eigenvalue weighted by Crippen LogP contribution is -2.25. The number of nitrogens with one attached hydrogen (secondary N) is 1. The van der Waals surface area contributed by atoms with Gasteiger partial charge in [-0.15, -0.1) is 0 Å². The zero-order chi connectivity index (χ0) is 12.7. The van der Waals surface area contributed by atoms with Gasteiger partial charge in [0, 0.05) is 21.6 Å². The van der Waals surface area contributed by atoms with Crippen LogP contribution in [0.3, 0.4) is 0 Å². The number of benzene rings is 1. The molecular formula is C10H11IN4O2. The van der Waals surface area contributed by atoms with E-state index in [4.69, 9.17) is 5.53 Å². The van der Waals surface area contributed by atoms with Crippen LogP contribution in [0.25, 0.3) is 10.4 Å². The molecule has 0 saturated heterocycles. The molecule has 0 atom stereocenters. The van der Waals surface area contributed by atoms with E-state index in [-0.39, 0.29) is 17.2 Å². The number of hydrogen-bond donors (Lipinski definition) is 2. The van der Waals surface area contributed by atoms with E-state index in [9.17, 15) is 9.90 Å². The highest BCUT2D eigenvalue weighted by Crippen LogP contribution is 2.19. The van der Waals surface area contributed by atoms with E-state index in [0.717, 1.165) is 3.57 Å². The first-order valence-electron chi connectivity index (χ1n) is 4.92. The lowest BCUT2D eigenvalue weighted by molar-refractivity contribution is 0.0951. The van der Waals surface area contributed by atoms with Gasteiger partial charge in [-0.3, -0.25) is 4.79 Å². The molecule has 17 heavy (non-hydrogen) atoms. The van der Waals surface area contributed by atoms with E-state index in [1.54, 1.807) is 12.1 Å². The number of carbonyl (C=O) groups excluding carboxylic acids is 1. The van der Waals surface area contributed by atoms with Crippen molar-refractivity contribution in [3.05, 3.63) is 37.8 Å². The van der Waals surface area contributed by atoms with Crippen molar-refractivity contribution in [3.8, 4) is 5.75 Å². The van der Waals surface area contributed by atoms with Crippen LogP contribution in [0.15, 0.2) is 23.3 Å². The minimum absolute atomic E-state index is 0.0436. The van der Waals surface area contributed by atoms with Gasteiger partial charge in [-0.1, -0.05) is 5.11 Å². The molecule has 0 aliphatic carbocycles. The third-order valence-electron chi connectivity index (χ3n) is 1.99. The number of phenols is 1. The maximum absolute atomic E-state index is 11.7. The van der Waals surface area contributed by atoms with Crippen molar-refractivity contribution >= 4 is 28.5 Å². The molecular weight excluding hydrogens is 335 g/mol. The van der Waals surface area contributed by atoms with E-state index in [1.807, 2.05) is 0 Å². The van der Waals surface area contributed by atoms with Crippen LogP contribution in [0.1, 0.15) is 16.8 Å². The Bertz CT molecular complexity index is 458. The number of carbonyl (C=O) groups is 1. The van der Waals surface area contributed by atoms with Crippen LogP contribution in [-0.2, 0) is 0 Å². The summed E-state index contributed by atoms with van der Waals surface area (Å²) >= 11 is 2.07. The third-order valence-corrected chi connectivity index (χ3v) is 2.66. The molecule has 0 spiro atoms. The number of azide groups is 1. The minimum atomic E-state index is -0.332. The second-order valence-corrected chi connectivity index (χ2v) is 4.47. The molecule has 2 N–H and O–H groups in total. The van der Waals surface area contributed by atoms with Crippen LogP contribution < -0.4 is 5.32 Å². The number of halogens is 1. The number of phenolic OH excluding ortho intramolecular Hbond substituents is 1. The van der Waals surface area contributed by atoms with E-state index in [0.29, 0.717) is 19.5 Å². The summed E-state index contributed by atoms with van der Waals surface area (Å²) in [6.07, 6.45) is 0.570. The summed E-state index contributed by atoms with van der Waals surface area (Å²) in [6.45, 7) is 0.748. The highest BCUT2D eigenvalue weighted by atomic mass is 127. The first kappa shape index (κ1) is 13.6. The lowest BCUT2D eigenvalue weighted by Gasteiger charge is -2.06. The van der Waals surface area contributed by atoms with Gasteiger partial charge in [0.05, 0.1) is 5.56 Å². The molecule has 0 aliphatic rings. The number of hydrogen-bond acceptors (Lipinski definition) is 3.